The topological polar surface area (TPSA) is 114 Å². The summed E-state index contributed by atoms with van der Waals surface area (Å²) in [6.07, 6.45) is 0. The number of nitrogens with two attached hydrogens (primary N) is 1. The Labute approximate surface area is 211 Å². The normalized spacial score (nSPS) is 13.2. The van der Waals surface area contributed by atoms with Gasteiger partial charge in [-0.3, -0.25) is 14.4 Å². The molecule has 1 aromatic heterocycles. The largest absolute Gasteiger partial charge is 0.397 e. The molecule has 8 nitrogen and oxygen atoms in total. The Morgan fingerprint density at radius 1 is 1.12 bits per heavy atom. The van der Waals surface area contributed by atoms with Crippen LogP contribution in [0.15, 0.2) is 54.6 Å². The number of morpholine rings is 1. The van der Waals surface area contributed by atoms with Crippen LogP contribution in [0.2, 0.25) is 4.34 Å². The van der Waals surface area contributed by atoms with Crippen LogP contribution >= 0.6 is 35.3 Å². The van der Waals surface area contributed by atoms with Crippen LogP contribution in [0, 0.1) is 0 Å². The van der Waals surface area contributed by atoms with E-state index in [2.05, 4.69) is 10.6 Å². The van der Waals surface area contributed by atoms with Gasteiger partial charge in [-0.05, 0) is 42.0 Å². The summed E-state index contributed by atoms with van der Waals surface area (Å²) in [5.41, 5.74) is 8.68. The predicted molar refractivity (Wildman–Crippen MR) is 136 cm³/mol. The number of hydrogen-bond donors (Lipinski definition) is 3. The first kappa shape index (κ1) is 25.5. The van der Waals surface area contributed by atoms with E-state index in [1.807, 2.05) is 12.1 Å². The number of halogens is 2. The zero-order valence-corrected chi connectivity index (χ0v) is 20.3. The van der Waals surface area contributed by atoms with Gasteiger partial charge in [0.2, 0.25) is 0 Å². The van der Waals surface area contributed by atoms with Crippen molar-refractivity contribution in [2.75, 3.05) is 35.7 Å². The van der Waals surface area contributed by atoms with Crippen LogP contribution in [0.3, 0.4) is 0 Å². The van der Waals surface area contributed by atoms with Crippen molar-refractivity contribution in [3.05, 3.63) is 74.9 Å². The minimum atomic E-state index is -0.356. The lowest BCUT2D eigenvalue weighted by atomic mass is 10.1. The molecule has 3 amide bonds. The first-order valence-corrected chi connectivity index (χ1v) is 11.3. The quantitative estimate of drug-likeness (QED) is 0.425. The monoisotopic (exact) mass is 520 g/mol. The number of carbonyl (C=O) groups excluding carboxylic acids is 3. The molecule has 2 aromatic carbocycles. The second-order valence-corrected chi connectivity index (χ2v) is 8.98. The molecule has 34 heavy (non-hydrogen) atoms. The lowest BCUT2D eigenvalue weighted by Crippen LogP contribution is -2.42. The summed E-state index contributed by atoms with van der Waals surface area (Å²) in [6.45, 7) is 1.07. The van der Waals surface area contributed by atoms with E-state index in [4.69, 9.17) is 22.1 Å². The maximum Gasteiger partial charge on any atom is 0.261 e. The third-order valence-corrected chi connectivity index (χ3v) is 6.30. The number of benzene rings is 2. The first-order valence-electron chi connectivity index (χ1n) is 10.1. The number of rotatable bonds is 6. The number of nitrogen functional groups attached to an aromatic ring is 1. The summed E-state index contributed by atoms with van der Waals surface area (Å²) < 4.78 is 5.68. The fourth-order valence-corrected chi connectivity index (χ4v) is 4.36. The molecule has 0 atom stereocenters. The van der Waals surface area contributed by atoms with E-state index in [0.717, 1.165) is 5.56 Å². The molecule has 0 radical (unpaired) electrons. The van der Waals surface area contributed by atoms with Crippen LogP contribution < -0.4 is 21.3 Å². The van der Waals surface area contributed by atoms with E-state index in [9.17, 15) is 14.4 Å². The number of ether oxygens (including phenoxy) is 1. The molecule has 4 rings (SSSR count). The number of nitrogens with zero attached hydrogens (tertiary/aromatic N) is 1. The Bertz CT molecular complexity index is 1220. The summed E-state index contributed by atoms with van der Waals surface area (Å²) in [5, 5.41) is 5.70. The third kappa shape index (κ3) is 5.87. The zero-order valence-electron chi connectivity index (χ0n) is 17.9. The Kier molecular flexibility index (Phi) is 8.51. The van der Waals surface area contributed by atoms with Crippen LogP contribution in [0.5, 0.6) is 0 Å². The molecule has 3 aromatic rings. The zero-order chi connectivity index (χ0) is 23.4. The maximum absolute atomic E-state index is 12.9. The number of carbonyl (C=O) groups is 3. The second-order valence-electron chi connectivity index (χ2n) is 7.27. The van der Waals surface area contributed by atoms with Crippen molar-refractivity contribution in [3.8, 4) is 0 Å². The summed E-state index contributed by atoms with van der Waals surface area (Å²) >= 11 is 7.09. The second kappa shape index (κ2) is 11.3. The van der Waals surface area contributed by atoms with Gasteiger partial charge >= 0.3 is 0 Å². The van der Waals surface area contributed by atoms with Gasteiger partial charge < -0.3 is 26.0 Å². The van der Waals surface area contributed by atoms with Gasteiger partial charge in [0.15, 0.2) is 0 Å². The molecule has 1 fully saturated rings. The molecule has 2 heterocycles. The van der Waals surface area contributed by atoms with Crippen LogP contribution in [-0.2, 0) is 16.1 Å². The molecule has 0 bridgehead atoms. The molecule has 178 valence electrons. The van der Waals surface area contributed by atoms with Crippen molar-refractivity contribution in [2.45, 2.75) is 6.54 Å². The van der Waals surface area contributed by atoms with E-state index in [1.165, 1.54) is 11.3 Å². The lowest BCUT2D eigenvalue weighted by Gasteiger charge is -2.28. The molecule has 4 N–H and O–H groups in total. The Morgan fingerprint density at radius 3 is 2.62 bits per heavy atom. The number of thiophene rings is 1. The fraction of sp³-hybridized carbons (Fsp3) is 0.174. The summed E-state index contributed by atoms with van der Waals surface area (Å²) in [4.78, 5) is 39.3. The summed E-state index contributed by atoms with van der Waals surface area (Å²) in [5.74, 6) is -0.773. The highest BCUT2D eigenvalue weighted by atomic mass is 35.5. The van der Waals surface area contributed by atoms with E-state index < -0.39 is 0 Å². The standard InChI is InChI=1S/C23H21ClN4O4S.ClH/c24-20-8-7-19(33-20)23(31)26-12-15-3-1-2-4-17(15)27-22(30)14-5-6-18(16(25)11-14)28-9-10-32-13-21(28)29;/h1-8,11H,9-10,12-13,25H2,(H,26,31)(H,27,30);1H. The van der Waals surface area contributed by atoms with Gasteiger partial charge in [0.05, 0.1) is 27.2 Å². The van der Waals surface area contributed by atoms with Crippen LogP contribution in [0.4, 0.5) is 17.1 Å². The van der Waals surface area contributed by atoms with Crippen LogP contribution in [0.1, 0.15) is 25.6 Å². The summed E-state index contributed by atoms with van der Waals surface area (Å²) in [6, 6.07) is 15.3. The highest BCUT2D eigenvalue weighted by Crippen LogP contribution is 2.27. The number of amides is 3. The van der Waals surface area contributed by atoms with Crippen molar-refractivity contribution < 1.29 is 19.1 Å². The number of anilines is 3. The van der Waals surface area contributed by atoms with Gasteiger partial charge in [-0.15, -0.1) is 23.7 Å². The molecule has 0 aliphatic carbocycles. The van der Waals surface area contributed by atoms with E-state index >= 15 is 0 Å². The molecule has 1 aliphatic heterocycles. The van der Waals surface area contributed by atoms with Crippen molar-refractivity contribution in [3.63, 3.8) is 0 Å². The van der Waals surface area contributed by atoms with Gasteiger partial charge in [-0.2, -0.15) is 0 Å². The van der Waals surface area contributed by atoms with Crippen molar-refractivity contribution in [2.24, 2.45) is 0 Å². The van der Waals surface area contributed by atoms with Gasteiger partial charge in [-0.1, -0.05) is 29.8 Å². The van der Waals surface area contributed by atoms with Crippen molar-refractivity contribution >= 4 is 70.1 Å². The Morgan fingerprint density at radius 2 is 1.91 bits per heavy atom. The molecule has 0 saturated carbocycles. The number of hydrogen-bond acceptors (Lipinski definition) is 6. The molecule has 11 heteroatoms. The van der Waals surface area contributed by atoms with Gasteiger partial charge in [0, 0.05) is 24.3 Å². The highest BCUT2D eigenvalue weighted by Gasteiger charge is 2.22. The third-order valence-electron chi connectivity index (χ3n) is 5.07. The maximum atomic E-state index is 12.9. The predicted octanol–water partition coefficient (Wildman–Crippen LogP) is 3.95. The van der Waals surface area contributed by atoms with Crippen LogP contribution in [-0.4, -0.2) is 37.5 Å². The highest BCUT2D eigenvalue weighted by molar-refractivity contribution is 7.18. The number of para-hydroxylation sites is 1. The molecular weight excluding hydrogens is 499 g/mol. The minimum Gasteiger partial charge on any atom is -0.397 e. The van der Waals surface area contributed by atoms with E-state index in [1.54, 1.807) is 47.4 Å². The fourth-order valence-electron chi connectivity index (χ4n) is 3.40. The van der Waals surface area contributed by atoms with Gasteiger partial charge in [0.25, 0.3) is 17.7 Å². The Hall–Kier alpha value is -3.11. The van der Waals surface area contributed by atoms with Crippen molar-refractivity contribution in [1.82, 2.24) is 5.32 Å². The van der Waals surface area contributed by atoms with Gasteiger partial charge in [0.1, 0.15) is 6.61 Å². The summed E-state index contributed by atoms with van der Waals surface area (Å²) in [7, 11) is 0. The number of nitrogens with one attached hydrogen (secondary N) is 2. The minimum absolute atomic E-state index is 0. The average Bonchev–Trinajstić information content (AvgIpc) is 3.25. The lowest BCUT2D eigenvalue weighted by molar-refractivity contribution is -0.125. The van der Waals surface area contributed by atoms with Crippen molar-refractivity contribution in [1.29, 1.82) is 0 Å². The Balaban J connectivity index is 0.00000324. The van der Waals surface area contributed by atoms with E-state index in [-0.39, 0.29) is 43.3 Å². The SMILES string of the molecule is Cl.Nc1cc(C(=O)Nc2ccccc2CNC(=O)c2ccc(Cl)s2)ccc1N1CCOCC1=O. The molecule has 0 unspecified atom stereocenters. The molecule has 0 spiro atoms. The molecule has 1 aliphatic rings. The first-order chi connectivity index (χ1) is 15.9. The average molecular weight is 521 g/mol. The van der Waals surface area contributed by atoms with E-state index in [0.29, 0.717) is 45.0 Å². The molecule has 1 saturated heterocycles. The van der Waals surface area contributed by atoms with Crippen LogP contribution in [0.25, 0.3) is 0 Å². The van der Waals surface area contributed by atoms with Gasteiger partial charge in [-0.25, -0.2) is 0 Å². The smallest absolute Gasteiger partial charge is 0.261 e. The molecular formula is C23H22Cl2N4O4S.